The molecular weight excluding hydrogens is 398 g/mol. The second-order valence-electron chi connectivity index (χ2n) is 6.19. The van der Waals surface area contributed by atoms with Crippen LogP contribution in [0.5, 0.6) is 11.5 Å². The zero-order valence-electron chi connectivity index (χ0n) is 16.4. The molecule has 9 heteroatoms. The summed E-state index contributed by atoms with van der Waals surface area (Å²) in [6, 6.07) is 11.2. The first-order chi connectivity index (χ1) is 13.7. The first kappa shape index (κ1) is 22.2. The fraction of sp³-hybridized carbons (Fsp3) is 0.300. The van der Waals surface area contributed by atoms with E-state index in [2.05, 4.69) is 5.32 Å². The van der Waals surface area contributed by atoms with Gasteiger partial charge in [0.2, 0.25) is 0 Å². The summed E-state index contributed by atoms with van der Waals surface area (Å²) >= 11 is 0. The van der Waals surface area contributed by atoms with Gasteiger partial charge >= 0.3 is 5.97 Å². The number of anilines is 1. The van der Waals surface area contributed by atoms with E-state index >= 15 is 0 Å². The van der Waals surface area contributed by atoms with Crippen molar-refractivity contribution in [2.75, 3.05) is 31.9 Å². The average Bonchev–Trinajstić information content (AvgIpc) is 2.70. The minimum Gasteiger partial charge on any atom is -0.497 e. The number of benzene rings is 2. The molecule has 0 fully saturated rings. The Bertz CT molecular complexity index is 947. The van der Waals surface area contributed by atoms with Crippen molar-refractivity contribution >= 4 is 27.4 Å². The maximum atomic E-state index is 12.2. The van der Waals surface area contributed by atoms with Gasteiger partial charge in [-0.3, -0.25) is 9.59 Å². The molecule has 29 heavy (non-hydrogen) atoms. The highest BCUT2D eigenvalue weighted by Crippen LogP contribution is 2.25. The van der Waals surface area contributed by atoms with Crippen LogP contribution in [0.1, 0.15) is 12.0 Å². The summed E-state index contributed by atoms with van der Waals surface area (Å²) in [5.74, 6) is -0.783. The van der Waals surface area contributed by atoms with Crippen molar-refractivity contribution in [2.45, 2.75) is 18.2 Å². The third kappa shape index (κ3) is 6.79. The van der Waals surface area contributed by atoms with Crippen LogP contribution in [0.2, 0.25) is 0 Å². The Morgan fingerprint density at radius 3 is 2.10 bits per heavy atom. The lowest BCUT2D eigenvalue weighted by Gasteiger charge is -2.10. The highest BCUT2D eigenvalue weighted by Gasteiger charge is 2.17. The van der Waals surface area contributed by atoms with Gasteiger partial charge in [0.25, 0.3) is 5.91 Å². The van der Waals surface area contributed by atoms with E-state index in [-0.39, 0.29) is 11.3 Å². The normalized spacial score (nSPS) is 10.9. The van der Waals surface area contributed by atoms with Gasteiger partial charge in [0, 0.05) is 23.9 Å². The average molecular weight is 421 g/mol. The second kappa shape index (κ2) is 9.92. The minimum atomic E-state index is -3.60. The molecule has 0 unspecified atom stereocenters. The summed E-state index contributed by atoms with van der Waals surface area (Å²) in [7, 11) is -0.646. The van der Waals surface area contributed by atoms with Crippen LogP contribution in [0.15, 0.2) is 47.4 Å². The van der Waals surface area contributed by atoms with Gasteiger partial charge in [-0.15, -0.1) is 0 Å². The molecule has 2 rings (SSSR count). The zero-order valence-corrected chi connectivity index (χ0v) is 17.2. The van der Waals surface area contributed by atoms with E-state index in [1.54, 1.807) is 30.3 Å². The van der Waals surface area contributed by atoms with Gasteiger partial charge in [-0.2, -0.15) is 0 Å². The van der Waals surface area contributed by atoms with Crippen LogP contribution in [-0.4, -0.2) is 46.9 Å². The lowest BCUT2D eigenvalue weighted by molar-refractivity contribution is -0.146. The van der Waals surface area contributed by atoms with Crippen molar-refractivity contribution in [3.05, 3.63) is 48.0 Å². The lowest BCUT2D eigenvalue weighted by Crippen LogP contribution is -2.22. The molecule has 0 radical (unpaired) electrons. The van der Waals surface area contributed by atoms with Crippen LogP contribution in [0.4, 0.5) is 5.69 Å². The third-order valence-corrected chi connectivity index (χ3v) is 5.69. The van der Waals surface area contributed by atoms with Crippen molar-refractivity contribution in [1.82, 2.24) is 0 Å². The van der Waals surface area contributed by atoms with E-state index in [4.69, 9.17) is 14.2 Å². The highest BCUT2D eigenvalue weighted by atomic mass is 32.2. The van der Waals surface area contributed by atoms with Crippen LogP contribution in [0.25, 0.3) is 0 Å². The maximum Gasteiger partial charge on any atom is 0.307 e. The summed E-state index contributed by atoms with van der Waals surface area (Å²) in [6.45, 7) is 1.31. The Morgan fingerprint density at radius 2 is 1.55 bits per heavy atom. The predicted molar refractivity (Wildman–Crippen MR) is 107 cm³/mol. The Balaban J connectivity index is 1.84. The highest BCUT2D eigenvalue weighted by molar-refractivity contribution is 7.91. The Kier molecular flexibility index (Phi) is 7.60. The molecule has 0 aliphatic heterocycles. The number of carbonyl (C=O) groups is 2. The fourth-order valence-corrected chi connectivity index (χ4v) is 3.60. The van der Waals surface area contributed by atoms with Crippen molar-refractivity contribution in [3.8, 4) is 11.5 Å². The summed E-state index contributed by atoms with van der Waals surface area (Å²) < 4.78 is 39.6. The molecule has 0 aliphatic carbocycles. The molecule has 0 atom stereocenters. The summed E-state index contributed by atoms with van der Waals surface area (Å²) in [5, 5.41) is 2.56. The molecule has 2 aromatic carbocycles. The molecule has 0 saturated heterocycles. The number of esters is 1. The largest absolute Gasteiger partial charge is 0.497 e. The zero-order chi connectivity index (χ0) is 21.4. The first-order valence-electron chi connectivity index (χ1n) is 8.71. The van der Waals surface area contributed by atoms with E-state index in [9.17, 15) is 18.0 Å². The number of methoxy groups -OCH3 is 2. The SMILES string of the molecule is COc1cc(NC(=O)COC(=O)CCS(=O)(=O)c2ccc(C)cc2)cc(OC)c1. The van der Waals surface area contributed by atoms with E-state index in [0.717, 1.165) is 5.56 Å². The van der Waals surface area contributed by atoms with Crippen LogP contribution in [0, 0.1) is 6.92 Å². The molecule has 8 nitrogen and oxygen atoms in total. The lowest BCUT2D eigenvalue weighted by atomic mass is 10.2. The molecule has 1 amide bonds. The standard InChI is InChI=1S/C20H23NO7S/c1-14-4-6-18(7-5-14)29(24,25)9-8-20(23)28-13-19(22)21-15-10-16(26-2)12-17(11-15)27-3/h4-7,10-12H,8-9,13H2,1-3H3,(H,21,22). The monoisotopic (exact) mass is 421 g/mol. The Labute approximate surface area is 169 Å². The maximum absolute atomic E-state index is 12.2. The predicted octanol–water partition coefficient (Wildman–Crippen LogP) is 2.36. The summed E-state index contributed by atoms with van der Waals surface area (Å²) in [5.41, 5.74) is 1.34. The van der Waals surface area contributed by atoms with E-state index in [0.29, 0.717) is 17.2 Å². The third-order valence-electron chi connectivity index (χ3n) is 3.95. The minimum absolute atomic E-state index is 0.139. The van der Waals surface area contributed by atoms with Crippen molar-refractivity contribution in [3.63, 3.8) is 0 Å². The molecular formula is C20H23NO7S. The fourth-order valence-electron chi connectivity index (χ4n) is 2.38. The van der Waals surface area contributed by atoms with Gasteiger partial charge < -0.3 is 19.5 Å². The van der Waals surface area contributed by atoms with E-state index < -0.39 is 34.1 Å². The van der Waals surface area contributed by atoms with Crippen LogP contribution < -0.4 is 14.8 Å². The number of rotatable bonds is 9. The summed E-state index contributed by atoms with van der Waals surface area (Å²) in [6.07, 6.45) is -0.351. The topological polar surface area (TPSA) is 108 Å². The number of carbonyl (C=O) groups excluding carboxylic acids is 2. The second-order valence-corrected chi connectivity index (χ2v) is 8.30. The van der Waals surface area contributed by atoms with E-state index in [1.807, 2.05) is 6.92 Å². The number of amides is 1. The molecule has 2 aromatic rings. The molecule has 1 N–H and O–H groups in total. The van der Waals surface area contributed by atoms with Crippen molar-refractivity contribution in [1.29, 1.82) is 0 Å². The van der Waals surface area contributed by atoms with Crippen LogP contribution >= 0.6 is 0 Å². The van der Waals surface area contributed by atoms with Crippen molar-refractivity contribution in [2.24, 2.45) is 0 Å². The van der Waals surface area contributed by atoms with Crippen LogP contribution in [-0.2, 0) is 24.2 Å². The molecule has 0 spiro atoms. The van der Waals surface area contributed by atoms with Gasteiger partial charge in [-0.1, -0.05) is 17.7 Å². The number of nitrogens with one attached hydrogen (secondary N) is 1. The summed E-state index contributed by atoms with van der Waals surface area (Å²) in [4.78, 5) is 23.9. The first-order valence-corrected chi connectivity index (χ1v) is 10.4. The smallest absolute Gasteiger partial charge is 0.307 e. The Hall–Kier alpha value is -3.07. The van der Waals surface area contributed by atoms with Gasteiger partial charge in [0.15, 0.2) is 16.4 Å². The number of aryl methyl sites for hydroxylation is 1. The number of ether oxygens (including phenoxy) is 3. The molecule has 0 saturated carbocycles. The van der Waals surface area contributed by atoms with Gasteiger partial charge in [-0.05, 0) is 19.1 Å². The molecule has 0 heterocycles. The van der Waals surface area contributed by atoms with Crippen LogP contribution in [0.3, 0.4) is 0 Å². The number of hydrogen-bond donors (Lipinski definition) is 1. The van der Waals surface area contributed by atoms with Gasteiger partial charge in [-0.25, -0.2) is 8.42 Å². The number of sulfone groups is 1. The van der Waals surface area contributed by atoms with Gasteiger partial charge in [0.1, 0.15) is 11.5 Å². The molecule has 0 bridgehead atoms. The Morgan fingerprint density at radius 1 is 0.966 bits per heavy atom. The van der Waals surface area contributed by atoms with Gasteiger partial charge in [0.05, 0.1) is 31.3 Å². The van der Waals surface area contributed by atoms with Crippen molar-refractivity contribution < 1.29 is 32.2 Å². The van der Waals surface area contributed by atoms with E-state index in [1.165, 1.54) is 26.4 Å². The molecule has 156 valence electrons. The molecule has 0 aromatic heterocycles. The quantitative estimate of drug-likeness (QED) is 0.619. The molecule has 0 aliphatic rings. The number of hydrogen-bond acceptors (Lipinski definition) is 7.